The molecule has 0 saturated carbocycles. The largest absolute Gasteiger partial charge is 0.488 e. The van der Waals surface area contributed by atoms with Crippen LogP contribution in [-0.2, 0) is 6.42 Å². The second kappa shape index (κ2) is 5.81. The fourth-order valence-electron chi connectivity index (χ4n) is 3.64. The van der Waals surface area contributed by atoms with Gasteiger partial charge in [0.1, 0.15) is 17.7 Å². The smallest absolute Gasteiger partial charge is 0.132 e. The van der Waals surface area contributed by atoms with Crippen molar-refractivity contribution in [1.82, 2.24) is 4.98 Å². The molecular weight excluding hydrogens is 315 g/mol. The summed E-state index contributed by atoms with van der Waals surface area (Å²) >= 11 is 0. The number of aryl methyl sites for hydroxylation is 3. The van der Waals surface area contributed by atoms with E-state index in [1.807, 2.05) is 19.9 Å². The minimum Gasteiger partial charge on any atom is -0.488 e. The van der Waals surface area contributed by atoms with E-state index in [0.29, 0.717) is 17.4 Å². The van der Waals surface area contributed by atoms with E-state index in [9.17, 15) is 4.39 Å². The molecule has 0 amide bonds. The van der Waals surface area contributed by atoms with Crippen molar-refractivity contribution >= 4 is 10.9 Å². The number of nitrogens with two attached hydrogens (primary N) is 1. The summed E-state index contributed by atoms with van der Waals surface area (Å²) in [7, 11) is 0. The Morgan fingerprint density at radius 3 is 2.72 bits per heavy atom. The molecule has 0 radical (unpaired) electrons. The molecule has 2 N–H and O–H groups in total. The fraction of sp³-hybridized carbons (Fsp3) is 0.286. The third-order valence-electron chi connectivity index (χ3n) is 4.88. The number of rotatable bonds is 2. The topological polar surface area (TPSA) is 48.1 Å². The van der Waals surface area contributed by atoms with Crippen LogP contribution in [0.1, 0.15) is 22.3 Å². The van der Waals surface area contributed by atoms with E-state index >= 15 is 0 Å². The van der Waals surface area contributed by atoms with Gasteiger partial charge in [0, 0.05) is 23.9 Å². The molecule has 0 fully saturated rings. The number of nitrogens with zero attached hydrogens (tertiary/aromatic N) is 1. The molecule has 0 saturated heterocycles. The van der Waals surface area contributed by atoms with Gasteiger partial charge >= 0.3 is 0 Å². The number of hydrogen-bond donors (Lipinski definition) is 1. The number of halogens is 1. The molecule has 2 aromatic carbocycles. The first-order valence-electron chi connectivity index (χ1n) is 8.55. The van der Waals surface area contributed by atoms with Gasteiger partial charge in [-0.1, -0.05) is 12.1 Å². The Bertz CT molecular complexity index is 997. The maximum Gasteiger partial charge on any atom is 0.132 e. The summed E-state index contributed by atoms with van der Waals surface area (Å²) in [5.74, 6) is 0.627. The van der Waals surface area contributed by atoms with Crippen molar-refractivity contribution < 1.29 is 9.13 Å². The molecule has 25 heavy (non-hydrogen) atoms. The maximum atomic E-state index is 14.2. The highest BCUT2D eigenvalue weighted by molar-refractivity contribution is 5.87. The zero-order chi connectivity index (χ0) is 17.7. The first kappa shape index (κ1) is 16.0. The van der Waals surface area contributed by atoms with E-state index in [-0.39, 0.29) is 11.9 Å². The lowest BCUT2D eigenvalue weighted by Crippen LogP contribution is -2.24. The number of pyridine rings is 1. The van der Waals surface area contributed by atoms with Crippen LogP contribution in [0.25, 0.3) is 22.2 Å². The Morgan fingerprint density at radius 1 is 1.16 bits per heavy atom. The van der Waals surface area contributed by atoms with Crippen molar-refractivity contribution in [1.29, 1.82) is 0 Å². The van der Waals surface area contributed by atoms with Crippen LogP contribution in [0.5, 0.6) is 5.75 Å². The molecule has 4 rings (SSSR count). The van der Waals surface area contributed by atoms with Gasteiger partial charge in [-0.05, 0) is 61.2 Å². The van der Waals surface area contributed by atoms with E-state index in [1.54, 1.807) is 6.07 Å². The second-order valence-electron chi connectivity index (χ2n) is 6.89. The van der Waals surface area contributed by atoms with Crippen LogP contribution < -0.4 is 10.5 Å². The van der Waals surface area contributed by atoms with E-state index < -0.39 is 0 Å². The van der Waals surface area contributed by atoms with E-state index in [2.05, 4.69) is 19.1 Å². The van der Waals surface area contributed by atoms with Crippen LogP contribution >= 0.6 is 0 Å². The SMILES string of the molecule is Cc1cc2c(c(-c3nc4c(C)ccc(F)c4cc3C)c1)OC(CN)C2. The normalized spacial score (nSPS) is 16.1. The maximum absolute atomic E-state index is 14.2. The van der Waals surface area contributed by atoms with Crippen molar-refractivity contribution in [2.24, 2.45) is 5.73 Å². The first-order chi connectivity index (χ1) is 12.0. The summed E-state index contributed by atoms with van der Waals surface area (Å²) in [6.07, 6.45) is 0.830. The monoisotopic (exact) mass is 336 g/mol. The third-order valence-corrected chi connectivity index (χ3v) is 4.88. The molecule has 1 aliphatic rings. The van der Waals surface area contributed by atoms with Gasteiger partial charge in [0.2, 0.25) is 0 Å². The van der Waals surface area contributed by atoms with Gasteiger partial charge in [-0.3, -0.25) is 0 Å². The average molecular weight is 336 g/mol. The van der Waals surface area contributed by atoms with Crippen LogP contribution in [0.2, 0.25) is 0 Å². The Kier molecular flexibility index (Phi) is 3.73. The summed E-state index contributed by atoms with van der Waals surface area (Å²) in [6.45, 7) is 6.48. The molecule has 3 aromatic rings. The van der Waals surface area contributed by atoms with Crippen LogP contribution in [-0.4, -0.2) is 17.6 Å². The predicted molar refractivity (Wildman–Crippen MR) is 98.5 cm³/mol. The summed E-state index contributed by atoms with van der Waals surface area (Å²) in [6, 6.07) is 9.39. The van der Waals surface area contributed by atoms with Crippen LogP contribution in [0.3, 0.4) is 0 Å². The van der Waals surface area contributed by atoms with Crippen molar-refractivity contribution in [2.45, 2.75) is 33.3 Å². The lowest BCUT2D eigenvalue weighted by atomic mass is 9.97. The van der Waals surface area contributed by atoms with Crippen LogP contribution in [0.4, 0.5) is 4.39 Å². The highest BCUT2D eigenvalue weighted by Gasteiger charge is 2.26. The Hall–Kier alpha value is -2.46. The van der Waals surface area contributed by atoms with E-state index in [4.69, 9.17) is 15.5 Å². The minimum atomic E-state index is -0.239. The molecule has 0 bridgehead atoms. The molecule has 1 aliphatic heterocycles. The third kappa shape index (κ3) is 2.57. The highest BCUT2D eigenvalue weighted by atomic mass is 19.1. The summed E-state index contributed by atoms with van der Waals surface area (Å²) in [5, 5.41) is 0.561. The molecule has 1 aromatic heterocycles. The van der Waals surface area contributed by atoms with Crippen molar-refractivity contribution in [3.8, 4) is 17.0 Å². The zero-order valence-corrected chi connectivity index (χ0v) is 14.7. The molecule has 1 atom stereocenters. The summed E-state index contributed by atoms with van der Waals surface area (Å²) in [5.41, 5.74) is 12.5. The summed E-state index contributed by atoms with van der Waals surface area (Å²) in [4.78, 5) is 4.82. The average Bonchev–Trinajstić information content (AvgIpc) is 3.00. The van der Waals surface area contributed by atoms with E-state index in [0.717, 1.165) is 40.1 Å². The Morgan fingerprint density at radius 2 is 1.96 bits per heavy atom. The predicted octanol–water partition coefficient (Wildman–Crippen LogP) is 4.23. The van der Waals surface area contributed by atoms with Gasteiger partial charge < -0.3 is 10.5 Å². The van der Waals surface area contributed by atoms with Gasteiger partial charge in [-0.2, -0.15) is 0 Å². The molecule has 0 aliphatic carbocycles. The lowest BCUT2D eigenvalue weighted by molar-refractivity contribution is 0.242. The zero-order valence-electron chi connectivity index (χ0n) is 14.7. The summed E-state index contributed by atoms with van der Waals surface area (Å²) < 4.78 is 20.3. The molecular formula is C21H21FN2O. The molecule has 1 unspecified atom stereocenters. The lowest BCUT2D eigenvalue weighted by Gasteiger charge is -2.14. The van der Waals surface area contributed by atoms with Gasteiger partial charge in [-0.15, -0.1) is 0 Å². The van der Waals surface area contributed by atoms with Crippen molar-refractivity contribution in [3.63, 3.8) is 0 Å². The quantitative estimate of drug-likeness (QED) is 0.762. The van der Waals surface area contributed by atoms with Gasteiger partial charge in [-0.25, -0.2) is 9.37 Å². The number of benzene rings is 2. The first-order valence-corrected chi connectivity index (χ1v) is 8.55. The Labute approximate surface area is 146 Å². The fourth-order valence-corrected chi connectivity index (χ4v) is 3.64. The minimum absolute atomic E-state index is 0.00972. The van der Waals surface area contributed by atoms with Gasteiger partial charge in [0.25, 0.3) is 0 Å². The molecule has 3 nitrogen and oxygen atoms in total. The number of aromatic nitrogens is 1. The molecule has 4 heteroatoms. The van der Waals surface area contributed by atoms with Crippen LogP contribution in [0, 0.1) is 26.6 Å². The van der Waals surface area contributed by atoms with Gasteiger partial charge in [0.05, 0.1) is 11.2 Å². The van der Waals surface area contributed by atoms with E-state index in [1.165, 1.54) is 11.6 Å². The second-order valence-corrected chi connectivity index (χ2v) is 6.89. The van der Waals surface area contributed by atoms with Crippen LogP contribution in [0.15, 0.2) is 30.3 Å². The molecule has 2 heterocycles. The number of ether oxygens (including phenoxy) is 1. The molecule has 0 spiro atoms. The van der Waals surface area contributed by atoms with Crippen molar-refractivity contribution in [3.05, 3.63) is 58.4 Å². The van der Waals surface area contributed by atoms with Crippen molar-refractivity contribution in [2.75, 3.05) is 6.54 Å². The standard InChI is InChI=1S/C21H21FN2O/c1-11-6-14-9-15(10-23)25-21(14)17(7-11)20-13(3)8-16-18(22)5-4-12(2)19(16)24-20/h4-8,15H,9-10,23H2,1-3H3. The highest BCUT2D eigenvalue weighted by Crippen LogP contribution is 2.41. The number of fused-ring (bicyclic) bond motifs is 2. The van der Waals surface area contributed by atoms with Gasteiger partial charge in [0.15, 0.2) is 0 Å². The Balaban J connectivity index is 1.98. The number of hydrogen-bond acceptors (Lipinski definition) is 3. The molecule has 128 valence electrons.